The fourth-order valence-corrected chi connectivity index (χ4v) is 3.12. The summed E-state index contributed by atoms with van der Waals surface area (Å²) in [5.74, 6) is -1.87. The lowest BCUT2D eigenvalue weighted by atomic mass is 9.93. The molecule has 1 atom stereocenters. The highest BCUT2D eigenvalue weighted by atomic mass is 35.5. The molecule has 0 aromatic heterocycles. The van der Waals surface area contributed by atoms with Crippen LogP contribution in [0.3, 0.4) is 0 Å². The number of hydrogen-bond donors (Lipinski definition) is 2. The lowest BCUT2D eigenvalue weighted by Crippen LogP contribution is -2.46. The number of imide groups is 1. The summed E-state index contributed by atoms with van der Waals surface area (Å²) in [7, 11) is 0. The van der Waals surface area contributed by atoms with Crippen molar-refractivity contribution in [2.45, 2.75) is 52.2 Å². The Morgan fingerprint density at radius 2 is 1.93 bits per heavy atom. The van der Waals surface area contributed by atoms with E-state index in [1.807, 2.05) is 0 Å². The molecule has 0 aliphatic carbocycles. The van der Waals surface area contributed by atoms with Crippen LogP contribution in [0.1, 0.15) is 39.2 Å². The lowest BCUT2D eigenvalue weighted by Gasteiger charge is -2.23. The molecule has 2 N–H and O–H groups in total. The Bertz CT molecular complexity index is 807. The predicted molar refractivity (Wildman–Crippen MR) is 104 cm³/mol. The first-order valence-corrected chi connectivity index (χ1v) is 9.42. The van der Waals surface area contributed by atoms with Gasteiger partial charge in [0.25, 0.3) is 11.8 Å². The molecule has 1 fully saturated rings. The van der Waals surface area contributed by atoms with E-state index in [0.717, 1.165) is 4.90 Å². The fourth-order valence-electron chi connectivity index (χ4n) is 2.94. The minimum atomic E-state index is -1.12. The van der Waals surface area contributed by atoms with Gasteiger partial charge in [-0.05, 0) is 44.4 Å². The molecule has 1 aromatic rings. The van der Waals surface area contributed by atoms with E-state index in [0.29, 0.717) is 29.1 Å². The molecule has 0 bridgehead atoms. The second-order valence-electron chi connectivity index (χ2n) is 6.64. The number of amides is 4. The molecule has 4 amide bonds. The normalized spacial score (nSPS) is 16.5. The van der Waals surface area contributed by atoms with Crippen molar-refractivity contribution in [3.63, 3.8) is 0 Å². The second kappa shape index (κ2) is 8.60. The maximum atomic E-state index is 12.5. The topological polar surface area (TPSA) is 105 Å². The number of carbonyl (C=O) groups excluding carboxylic acids is 4. The van der Waals surface area contributed by atoms with Crippen LogP contribution >= 0.6 is 11.6 Å². The number of ether oxygens (including phenoxy) is 1. The molecule has 1 aliphatic rings. The van der Waals surface area contributed by atoms with E-state index in [-0.39, 0.29) is 0 Å². The number of nitrogens with one attached hydrogen (secondary N) is 2. The Balaban J connectivity index is 1.97. The van der Waals surface area contributed by atoms with Crippen LogP contribution < -0.4 is 10.6 Å². The number of halogens is 1. The minimum Gasteiger partial charge on any atom is -0.451 e. The third-order valence-electron chi connectivity index (χ3n) is 4.94. The molecule has 1 heterocycles. The van der Waals surface area contributed by atoms with Crippen LogP contribution in [0.2, 0.25) is 5.02 Å². The van der Waals surface area contributed by atoms with Gasteiger partial charge >= 0.3 is 12.0 Å². The van der Waals surface area contributed by atoms with Crippen LogP contribution in [0.5, 0.6) is 0 Å². The lowest BCUT2D eigenvalue weighted by molar-refractivity contribution is -0.155. The van der Waals surface area contributed by atoms with Crippen LogP contribution in [0.4, 0.5) is 10.5 Å². The molecule has 1 aliphatic heterocycles. The van der Waals surface area contributed by atoms with Crippen molar-refractivity contribution in [1.29, 1.82) is 0 Å². The molecule has 2 rings (SSSR count). The van der Waals surface area contributed by atoms with Crippen LogP contribution in [-0.2, 0) is 19.1 Å². The van der Waals surface area contributed by atoms with E-state index in [4.69, 9.17) is 16.3 Å². The minimum absolute atomic E-state index is 0.414. The first-order chi connectivity index (χ1) is 13.1. The predicted octanol–water partition coefficient (Wildman–Crippen LogP) is 2.63. The molecule has 1 aromatic carbocycles. The summed E-state index contributed by atoms with van der Waals surface area (Å²) in [5, 5.41) is 5.76. The molecule has 8 nitrogen and oxygen atoms in total. The number of hydrogen-bond acceptors (Lipinski definition) is 5. The second-order valence-corrected chi connectivity index (χ2v) is 7.05. The maximum Gasteiger partial charge on any atom is 0.327 e. The van der Waals surface area contributed by atoms with E-state index in [1.165, 1.54) is 6.92 Å². The molecule has 0 unspecified atom stereocenters. The van der Waals surface area contributed by atoms with Crippen molar-refractivity contribution < 1.29 is 23.9 Å². The van der Waals surface area contributed by atoms with E-state index in [9.17, 15) is 19.2 Å². The van der Waals surface area contributed by atoms with Crippen LogP contribution in [0.25, 0.3) is 0 Å². The molecule has 0 saturated carbocycles. The first-order valence-electron chi connectivity index (χ1n) is 9.04. The molecule has 1 saturated heterocycles. The van der Waals surface area contributed by atoms with Gasteiger partial charge in [-0.2, -0.15) is 0 Å². The summed E-state index contributed by atoms with van der Waals surface area (Å²) < 4.78 is 5.09. The highest BCUT2D eigenvalue weighted by Crippen LogP contribution is 2.25. The molecule has 28 heavy (non-hydrogen) atoms. The van der Waals surface area contributed by atoms with Crippen molar-refractivity contribution in [1.82, 2.24) is 10.2 Å². The van der Waals surface area contributed by atoms with Gasteiger partial charge in [-0.25, -0.2) is 4.79 Å². The summed E-state index contributed by atoms with van der Waals surface area (Å²) in [6.07, 6.45) is -0.289. The molecular formula is C19H24ClN3O5. The van der Waals surface area contributed by atoms with Crippen LogP contribution in [0, 0.1) is 6.92 Å². The van der Waals surface area contributed by atoms with Crippen molar-refractivity contribution in [2.75, 3.05) is 11.9 Å². The largest absolute Gasteiger partial charge is 0.451 e. The SMILES string of the molecule is CCC1(CC)NC(=O)N(CC(=O)O[C@H](C)C(=O)Nc2cccc(Cl)c2C)C1=O. The van der Waals surface area contributed by atoms with Gasteiger partial charge in [-0.15, -0.1) is 0 Å². The highest BCUT2D eigenvalue weighted by molar-refractivity contribution is 6.31. The Labute approximate surface area is 168 Å². The van der Waals surface area contributed by atoms with Crippen molar-refractivity contribution >= 4 is 41.1 Å². The number of urea groups is 1. The van der Waals surface area contributed by atoms with E-state index >= 15 is 0 Å². The standard InChI is InChI=1S/C19H24ClN3O5/c1-5-19(6-2)17(26)23(18(27)22-19)10-15(24)28-12(4)16(25)21-14-9-7-8-13(20)11(14)3/h7-9,12H,5-6,10H2,1-4H3,(H,21,25)(H,22,27)/t12-/m1/s1. The number of benzene rings is 1. The average Bonchev–Trinajstić information content (AvgIpc) is 2.89. The van der Waals surface area contributed by atoms with Gasteiger partial charge in [-0.3, -0.25) is 19.3 Å². The van der Waals surface area contributed by atoms with Crippen LogP contribution in [0.15, 0.2) is 18.2 Å². The van der Waals surface area contributed by atoms with Crippen molar-refractivity contribution in [3.05, 3.63) is 28.8 Å². The zero-order chi connectivity index (χ0) is 21.1. The van der Waals surface area contributed by atoms with Crippen molar-refractivity contribution in [3.8, 4) is 0 Å². The number of carbonyl (C=O) groups is 4. The average molecular weight is 410 g/mol. The summed E-state index contributed by atoms with van der Waals surface area (Å²) >= 11 is 6.02. The Hall–Kier alpha value is -2.61. The van der Waals surface area contributed by atoms with E-state index in [1.54, 1.807) is 39.0 Å². The number of nitrogens with zero attached hydrogens (tertiary/aromatic N) is 1. The smallest absolute Gasteiger partial charge is 0.327 e. The van der Waals surface area contributed by atoms with Gasteiger partial charge in [0.2, 0.25) is 0 Å². The van der Waals surface area contributed by atoms with Crippen LogP contribution in [-0.4, -0.2) is 46.9 Å². The van der Waals surface area contributed by atoms with Gasteiger partial charge in [0, 0.05) is 10.7 Å². The van der Waals surface area contributed by atoms with Crippen molar-refractivity contribution in [2.24, 2.45) is 0 Å². The monoisotopic (exact) mass is 409 g/mol. The Morgan fingerprint density at radius 3 is 2.50 bits per heavy atom. The molecule has 152 valence electrons. The fraction of sp³-hybridized carbons (Fsp3) is 0.474. The van der Waals surface area contributed by atoms with Gasteiger partial charge in [0.1, 0.15) is 12.1 Å². The third-order valence-corrected chi connectivity index (χ3v) is 5.35. The third kappa shape index (κ3) is 4.27. The summed E-state index contributed by atoms with van der Waals surface area (Å²) in [6.45, 7) is 6.17. The molecular weight excluding hydrogens is 386 g/mol. The molecule has 0 spiro atoms. The molecule has 0 radical (unpaired) electrons. The Morgan fingerprint density at radius 1 is 1.29 bits per heavy atom. The zero-order valence-corrected chi connectivity index (χ0v) is 17.1. The zero-order valence-electron chi connectivity index (χ0n) is 16.3. The highest BCUT2D eigenvalue weighted by Gasteiger charge is 2.49. The van der Waals surface area contributed by atoms with E-state index < -0.39 is 42.0 Å². The van der Waals surface area contributed by atoms with Gasteiger partial charge in [0.05, 0.1) is 0 Å². The van der Waals surface area contributed by atoms with Gasteiger partial charge in [-0.1, -0.05) is 31.5 Å². The number of rotatable bonds is 7. The summed E-state index contributed by atoms with van der Waals surface area (Å²) in [4.78, 5) is 49.9. The maximum absolute atomic E-state index is 12.5. The summed E-state index contributed by atoms with van der Waals surface area (Å²) in [6, 6.07) is 4.42. The van der Waals surface area contributed by atoms with E-state index in [2.05, 4.69) is 10.6 Å². The Kier molecular flexibility index (Phi) is 6.66. The van der Waals surface area contributed by atoms with Gasteiger partial charge < -0.3 is 15.4 Å². The molecule has 9 heteroatoms. The van der Waals surface area contributed by atoms with Gasteiger partial charge in [0.15, 0.2) is 6.10 Å². The number of esters is 1. The number of anilines is 1. The quantitative estimate of drug-likeness (QED) is 0.532. The first kappa shape index (κ1) is 21.7. The summed E-state index contributed by atoms with van der Waals surface area (Å²) in [5.41, 5.74) is 0.195.